The molecule has 2 N–H and O–H groups in total. The van der Waals surface area contributed by atoms with Gasteiger partial charge in [-0.15, -0.1) is 11.3 Å². The SMILES string of the molecule is CN(C)c1nc(CNC(=O)CC(C)(O)c2ccccc2)cs1. The lowest BCUT2D eigenvalue weighted by molar-refractivity contribution is -0.126. The molecule has 1 unspecified atom stereocenters. The molecule has 118 valence electrons. The van der Waals surface area contributed by atoms with E-state index < -0.39 is 5.60 Å². The van der Waals surface area contributed by atoms with Gasteiger partial charge in [-0.3, -0.25) is 4.79 Å². The van der Waals surface area contributed by atoms with Crippen LogP contribution in [0.25, 0.3) is 0 Å². The van der Waals surface area contributed by atoms with Crippen molar-refractivity contribution in [3.8, 4) is 0 Å². The molecular weight excluding hydrogens is 298 g/mol. The van der Waals surface area contributed by atoms with Gasteiger partial charge in [-0.25, -0.2) is 4.98 Å². The topological polar surface area (TPSA) is 65.5 Å². The summed E-state index contributed by atoms with van der Waals surface area (Å²) in [5.74, 6) is -0.201. The molecule has 1 heterocycles. The average Bonchev–Trinajstić information content (AvgIpc) is 2.95. The van der Waals surface area contributed by atoms with E-state index in [9.17, 15) is 9.90 Å². The highest BCUT2D eigenvalue weighted by molar-refractivity contribution is 7.13. The number of anilines is 1. The third-order valence-corrected chi connectivity index (χ3v) is 4.35. The van der Waals surface area contributed by atoms with Gasteiger partial charge in [-0.2, -0.15) is 0 Å². The summed E-state index contributed by atoms with van der Waals surface area (Å²) >= 11 is 1.53. The second kappa shape index (κ2) is 6.89. The summed E-state index contributed by atoms with van der Waals surface area (Å²) < 4.78 is 0. The van der Waals surface area contributed by atoms with E-state index in [4.69, 9.17) is 0 Å². The standard InChI is InChI=1S/C16H21N3O2S/c1-16(21,12-7-5-4-6-8-12)9-14(20)17-10-13-11-22-15(18-13)19(2)3/h4-8,11,21H,9-10H2,1-3H3,(H,17,20). The molecule has 0 aliphatic heterocycles. The van der Waals surface area contributed by atoms with Crippen LogP contribution in [0.1, 0.15) is 24.6 Å². The number of nitrogens with zero attached hydrogens (tertiary/aromatic N) is 2. The van der Waals surface area contributed by atoms with Crippen molar-refractivity contribution < 1.29 is 9.90 Å². The summed E-state index contributed by atoms with van der Waals surface area (Å²) in [4.78, 5) is 18.4. The van der Waals surface area contributed by atoms with Gasteiger partial charge in [0.1, 0.15) is 0 Å². The first kappa shape index (κ1) is 16.5. The van der Waals surface area contributed by atoms with E-state index in [1.165, 1.54) is 11.3 Å². The zero-order valence-corrected chi connectivity index (χ0v) is 13.9. The van der Waals surface area contributed by atoms with E-state index in [0.29, 0.717) is 6.54 Å². The Morgan fingerprint density at radius 1 is 1.36 bits per heavy atom. The molecule has 0 saturated carbocycles. The fourth-order valence-electron chi connectivity index (χ4n) is 2.05. The molecule has 0 radical (unpaired) electrons. The number of aliphatic hydroxyl groups is 1. The van der Waals surface area contributed by atoms with Crippen LogP contribution in [-0.4, -0.2) is 30.1 Å². The van der Waals surface area contributed by atoms with Crippen molar-refractivity contribution in [3.05, 3.63) is 47.0 Å². The van der Waals surface area contributed by atoms with Gasteiger partial charge in [-0.1, -0.05) is 30.3 Å². The maximum atomic E-state index is 12.0. The Hall–Kier alpha value is -1.92. The summed E-state index contributed by atoms with van der Waals surface area (Å²) in [5.41, 5.74) is 0.373. The van der Waals surface area contributed by atoms with Crippen LogP contribution in [0.3, 0.4) is 0 Å². The number of nitrogens with one attached hydrogen (secondary N) is 1. The highest BCUT2D eigenvalue weighted by Crippen LogP contribution is 2.24. The third kappa shape index (κ3) is 4.29. The molecule has 2 aromatic rings. The lowest BCUT2D eigenvalue weighted by Gasteiger charge is -2.23. The van der Waals surface area contributed by atoms with Gasteiger partial charge < -0.3 is 15.3 Å². The minimum atomic E-state index is -1.18. The fourth-order valence-corrected chi connectivity index (χ4v) is 2.80. The minimum absolute atomic E-state index is 0.0156. The van der Waals surface area contributed by atoms with Crippen molar-refractivity contribution in [2.75, 3.05) is 19.0 Å². The van der Waals surface area contributed by atoms with Crippen molar-refractivity contribution in [1.29, 1.82) is 0 Å². The largest absolute Gasteiger partial charge is 0.385 e. The number of aromatic nitrogens is 1. The van der Waals surface area contributed by atoms with E-state index >= 15 is 0 Å². The number of hydrogen-bond acceptors (Lipinski definition) is 5. The Labute approximate surface area is 134 Å². The van der Waals surface area contributed by atoms with E-state index in [-0.39, 0.29) is 12.3 Å². The molecule has 22 heavy (non-hydrogen) atoms. The van der Waals surface area contributed by atoms with Crippen LogP contribution in [-0.2, 0) is 16.9 Å². The molecule has 0 spiro atoms. The number of thiazole rings is 1. The van der Waals surface area contributed by atoms with Gasteiger partial charge in [0.05, 0.1) is 24.3 Å². The van der Waals surface area contributed by atoms with Gasteiger partial charge in [0.25, 0.3) is 0 Å². The second-order valence-electron chi connectivity index (χ2n) is 5.61. The first-order valence-electron chi connectivity index (χ1n) is 7.05. The summed E-state index contributed by atoms with van der Waals surface area (Å²) in [6.07, 6.45) is 0.0156. The van der Waals surface area contributed by atoms with Crippen LogP contribution in [0.15, 0.2) is 35.7 Å². The molecule has 1 amide bonds. The normalized spacial score (nSPS) is 13.5. The van der Waals surface area contributed by atoms with Gasteiger partial charge in [0.15, 0.2) is 5.13 Å². The summed E-state index contributed by atoms with van der Waals surface area (Å²) in [7, 11) is 3.86. The molecule has 2 rings (SSSR count). The Bertz CT molecular complexity index is 623. The van der Waals surface area contributed by atoms with Crippen LogP contribution in [0.2, 0.25) is 0 Å². The fraction of sp³-hybridized carbons (Fsp3) is 0.375. The molecule has 6 heteroatoms. The molecule has 1 aromatic carbocycles. The first-order valence-corrected chi connectivity index (χ1v) is 7.93. The van der Waals surface area contributed by atoms with Gasteiger partial charge in [0, 0.05) is 19.5 Å². The average molecular weight is 319 g/mol. The van der Waals surface area contributed by atoms with Crippen LogP contribution in [0.4, 0.5) is 5.13 Å². The Balaban J connectivity index is 1.89. The van der Waals surface area contributed by atoms with E-state index in [1.54, 1.807) is 6.92 Å². The molecule has 0 fully saturated rings. The summed E-state index contributed by atoms with van der Waals surface area (Å²) in [6.45, 7) is 2.02. The van der Waals surface area contributed by atoms with Gasteiger partial charge >= 0.3 is 0 Å². The third-order valence-electron chi connectivity index (χ3n) is 3.29. The number of hydrogen-bond donors (Lipinski definition) is 2. The summed E-state index contributed by atoms with van der Waals surface area (Å²) in [6, 6.07) is 9.21. The number of amides is 1. The molecule has 0 bridgehead atoms. The molecule has 0 aliphatic carbocycles. The monoisotopic (exact) mass is 319 g/mol. The quantitative estimate of drug-likeness (QED) is 0.856. The second-order valence-corrected chi connectivity index (χ2v) is 6.45. The lowest BCUT2D eigenvalue weighted by Crippen LogP contribution is -2.32. The van der Waals surface area contributed by atoms with Crippen molar-refractivity contribution in [3.63, 3.8) is 0 Å². The lowest BCUT2D eigenvalue weighted by atomic mass is 9.92. The van der Waals surface area contributed by atoms with Crippen LogP contribution >= 0.6 is 11.3 Å². The van der Waals surface area contributed by atoms with Crippen LogP contribution in [0, 0.1) is 0 Å². The predicted molar refractivity (Wildman–Crippen MR) is 88.9 cm³/mol. The summed E-state index contributed by atoms with van der Waals surface area (Å²) in [5, 5.41) is 16.1. The van der Waals surface area contributed by atoms with Gasteiger partial charge in [0.2, 0.25) is 5.91 Å². The molecule has 1 aromatic heterocycles. The molecular formula is C16H21N3O2S. The van der Waals surface area contributed by atoms with Crippen molar-refractivity contribution in [1.82, 2.24) is 10.3 Å². The molecule has 0 aliphatic rings. The van der Waals surface area contributed by atoms with E-state index in [1.807, 2.05) is 54.7 Å². The van der Waals surface area contributed by atoms with Gasteiger partial charge in [-0.05, 0) is 12.5 Å². The predicted octanol–water partition coefficient (Wildman–Crippen LogP) is 2.12. The van der Waals surface area contributed by atoms with Crippen molar-refractivity contribution in [2.24, 2.45) is 0 Å². The first-order chi connectivity index (χ1) is 10.4. The highest BCUT2D eigenvalue weighted by Gasteiger charge is 2.26. The Kier molecular flexibility index (Phi) is 5.15. The number of carbonyl (C=O) groups excluding carboxylic acids is 1. The smallest absolute Gasteiger partial charge is 0.223 e. The van der Waals surface area contributed by atoms with Crippen molar-refractivity contribution in [2.45, 2.75) is 25.5 Å². The number of benzene rings is 1. The maximum Gasteiger partial charge on any atom is 0.223 e. The van der Waals surface area contributed by atoms with Crippen LogP contribution < -0.4 is 10.2 Å². The zero-order chi connectivity index (χ0) is 16.2. The Morgan fingerprint density at radius 3 is 2.64 bits per heavy atom. The van der Waals surface area contributed by atoms with E-state index in [0.717, 1.165) is 16.4 Å². The van der Waals surface area contributed by atoms with Crippen LogP contribution in [0.5, 0.6) is 0 Å². The number of carbonyl (C=O) groups is 1. The maximum absolute atomic E-state index is 12.0. The minimum Gasteiger partial charge on any atom is -0.385 e. The zero-order valence-electron chi connectivity index (χ0n) is 13.0. The highest BCUT2D eigenvalue weighted by atomic mass is 32.1. The van der Waals surface area contributed by atoms with Crippen molar-refractivity contribution >= 4 is 22.4 Å². The molecule has 0 saturated heterocycles. The Morgan fingerprint density at radius 2 is 2.05 bits per heavy atom. The number of rotatable bonds is 6. The van der Waals surface area contributed by atoms with E-state index in [2.05, 4.69) is 10.3 Å². The molecule has 5 nitrogen and oxygen atoms in total. The molecule has 1 atom stereocenters.